The third-order valence-electron chi connectivity index (χ3n) is 2.97. The number of nitrogens with zero attached hydrogens (tertiary/aromatic N) is 3. The summed E-state index contributed by atoms with van der Waals surface area (Å²) in [6, 6.07) is 13.3. The molecule has 2 radical (unpaired) electrons. The maximum Gasteiger partial charge on any atom is 0.187 e. The van der Waals surface area contributed by atoms with Crippen LogP contribution in [0.1, 0.15) is 5.69 Å². The van der Waals surface area contributed by atoms with Gasteiger partial charge >= 0.3 is 0 Å². The number of hydrogen-bond donors (Lipinski definition) is 0. The van der Waals surface area contributed by atoms with Crippen molar-refractivity contribution in [1.82, 2.24) is 9.97 Å². The summed E-state index contributed by atoms with van der Waals surface area (Å²) in [5.74, 6) is 0. The fraction of sp³-hybridized carbons (Fsp3) is 0. The summed E-state index contributed by atoms with van der Waals surface area (Å²) in [5, 5.41) is 0.827. The Morgan fingerprint density at radius 1 is 1.00 bits per heavy atom. The molecule has 0 saturated heterocycles. The maximum absolute atomic E-state index is 7.05. The number of rotatable bonds is 1. The van der Waals surface area contributed by atoms with Crippen molar-refractivity contribution in [2.24, 2.45) is 0 Å². The Bertz CT molecular complexity index is 800. The van der Waals surface area contributed by atoms with Gasteiger partial charge in [-0.05, 0) is 29.3 Å². The quantitative estimate of drug-likeness (QED) is 0.606. The molecule has 88 valence electrons. The Kier molecular flexibility index (Phi) is 2.70. The molecule has 3 heteroatoms. The van der Waals surface area contributed by atoms with Gasteiger partial charge in [0.1, 0.15) is 6.33 Å². The van der Waals surface area contributed by atoms with Gasteiger partial charge in [-0.15, -0.1) is 0 Å². The van der Waals surface area contributed by atoms with Gasteiger partial charge in [0.15, 0.2) is 5.69 Å². The number of aromatic nitrogens is 2. The zero-order chi connectivity index (χ0) is 13.2. The molecule has 0 aliphatic rings. The second-order valence-electron chi connectivity index (χ2n) is 4.15. The summed E-state index contributed by atoms with van der Waals surface area (Å²) < 4.78 is 0. The van der Waals surface area contributed by atoms with Gasteiger partial charge in [-0.1, -0.05) is 24.3 Å². The van der Waals surface area contributed by atoms with E-state index in [-0.39, 0.29) is 0 Å². The zero-order valence-corrected chi connectivity index (χ0v) is 10.0. The van der Waals surface area contributed by atoms with Gasteiger partial charge in [0.25, 0.3) is 0 Å². The number of fused-ring (bicyclic) bond motifs is 1. The van der Waals surface area contributed by atoms with Gasteiger partial charge in [0.05, 0.1) is 17.8 Å². The standard InChI is InChI=1S/C16H9N3/c1-11-15-9-13(6-7-16(15)19-10-18-11)12-4-3-5-14(8-12)17-2/h1,3-10H. The van der Waals surface area contributed by atoms with Crippen LogP contribution < -0.4 is 0 Å². The summed E-state index contributed by atoms with van der Waals surface area (Å²) in [6.07, 6.45) is 1.46. The molecule has 0 aliphatic heterocycles. The van der Waals surface area contributed by atoms with Crippen LogP contribution in [0.5, 0.6) is 0 Å². The van der Waals surface area contributed by atoms with Crippen LogP contribution in [-0.2, 0) is 0 Å². The molecule has 1 aromatic heterocycles. The van der Waals surface area contributed by atoms with E-state index in [1.54, 1.807) is 6.07 Å². The molecule has 0 atom stereocenters. The van der Waals surface area contributed by atoms with Crippen molar-refractivity contribution >= 4 is 16.6 Å². The lowest BCUT2D eigenvalue weighted by Crippen LogP contribution is -1.88. The van der Waals surface area contributed by atoms with Gasteiger partial charge in [-0.25, -0.2) is 14.8 Å². The first-order chi connectivity index (χ1) is 9.28. The van der Waals surface area contributed by atoms with Gasteiger partial charge in [-0.3, -0.25) is 0 Å². The van der Waals surface area contributed by atoms with Gasteiger partial charge < -0.3 is 0 Å². The van der Waals surface area contributed by atoms with E-state index >= 15 is 0 Å². The number of hydrogen-bond acceptors (Lipinski definition) is 2. The van der Waals surface area contributed by atoms with Crippen LogP contribution in [-0.4, -0.2) is 9.97 Å². The van der Waals surface area contributed by atoms with Crippen LogP contribution in [0, 0.1) is 13.5 Å². The molecule has 3 rings (SSSR count). The molecule has 0 saturated carbocycles. The van der Waals surface area contributed by atoms with E-state index in [2.05, 4.69) is 14.8 Å². The van der Waals surface area contributed by atoms with Gasteiger partial charge in [-0.2, -0.15) is 0 Å². The summed E-state index contributed by atoms with van der Waals surface area (Å²) >= 11 is 0. The monoisotopic (exact) mass is 243 g/mol. The molecule has 0 spiro atoms. The molecular weight excluding hydrogens is 234 g/mol. The maximum atomic E-state index is 7.05. The molecule has 0 N–H and O–H groups in total. The lowest BCUT2D eigenvalue weighted by atomic mass is 10.0. The van der Waals surface area contributed by atoms with Crippen LogP contribution >= 0.6 is 0 Å². The van der Waals surface area contributed by atoms with Gasteiger partial charge in [0.2, 0.25) is 0 Å². The lowest BCUT2D eigenvalue weighted by molar-refractivity contribution is 1.19. The van der Waals surface area contributed by atoms with E-state index < -0.39 is 0 Å². The average Bonchev–Trinajstić information content (AvgIpc) is 2.47. The summed E-state index contributed by atoms with van der Waals surface area (Å²) in [5.41, 5.74) is 3.89. The zero-order valence-electron chi connectivity index (χ0n) is 10.0. The van der Waals surface area contributed by atoms with E-state index in [9.17, 15) is 0 Å². The van der Waals surface area contributed by atoms with Crippen molar-refractivity contribution in [2.45, 2.75) is 0 Å². The lowest BCUT2D eigenvalue weighted by Gasteiger charge is -2.05. The molecule has 0 aliphatic carbocycles. The molecule has 3 nitrogen and oxygen atoms in total. The molecule has 0 unspecified atom stereocenters. The number of benzene rings is 2. The highest BCUT2D eigenvalue weighted by molar-refractivity contribution is 5.87. The van der Waals surface area contributed by atoms with E-state index in [0.717, 1.165) is 22.0 Å². The molecule has 2 aromatic carbocycles. The first-order valence-corrected chi connectivity index (χ1v) is 5.76. The Hall–Kier alpha value is -2.73. The van der Waals surface area contributed by atoms with Gasteiger partial charge in [0, 0.05) is 12.3 Å². The Balaban J connectivity index is 2.20. The highest BCUT2D eigenvalue weighted by Gasteiger charge is 2.04. The van der Waals surface area contributed by atoms with E-state index in [0.29, 0.717) is 11.4 Å². The minimum Gasteiger partial charge on any atom is -0.240 e. The SMILES string of the molecule is [C-]#[N+]c1cccc(-c2ccc3ncnc([CH])c3c2)c1. The van der Waals surface area contributed by atoms with Crippen molar-refractivity contribution in [2.75, 3.05) is 0 Å². The average molecular weight is 243 g/mol. The van der Waals surface area contributed by atoms with Crippen LogP contribution in [0.4, 0.5) is 5.69 Å². The molecule has 3 aromatic rings. The van der Waals surface area contributed by atoms with E-state index in [4.69, 9.17) is 13.5 Å². The summed E-state index contributed by atoms with van der Waals surface area (Å²) in [4.78, 5) is 11.6. The van der Waals surface area contributed by atoms with Crippen molar-refractivity contribution < 1.29 is 0 Å². The first-order valence-electron chi connectivity index (χ1n) is 5.76. The second-order valence-corrected chi connectivity index (χ2v) is 4.15. The smallest absolute Gasteiger partial charge is 0.187 e. The Labute approximate surface area is 111 Å². The summed E-state index contributed by atoms with van der Waals surface area (Å²) in [7, 11) is 0. The fourth-order valence-corrected chi connectivity index (χ4v) is 2.01. The Morgan fingerprint density at radius 2 is 1.84 bits per heavy atom. The van der Waals surface area contributed by atoms with Crippen molar-refractivity contribution in [1.29, 1.82) is 0 Å². The summed E-state index contributed by atoms with van der Waals surface area (Å²) in [6.45, 7) is 12.9. The molecular formula is C16H9N3. The van der Waals surface area contributed by atoms with E-state index in [1.165, 1.54) is 6.33 Å². The van der Waals surface area contributed by atoms with Crippen LogP contribution in [0.15, 0.2) is 48.8 Å². The van der Waals surface area contributed by atoms with E-state index in [1.807, 2.05) is 36.4 Å². The topological polar surface area (TPSA) is 30.1 Å². The van der Waals surface area contributed by atoms with Crippen LogP contribution in [0.2, 0.25) is 0 Å². The van der Waals surface area contributed by atoms with Crippen molar-refractivity contribution in [3.63, 3.8) is 0 Å². The first kappa shape index (κ1) is 11.4. The van der Waals surface area contributed by atoms with Crippen LogP contribution in [0.25, 0.3) is 26.9 Å². The predicted molar refractivity (Wildman–Crippen MR) is 74.6 cm³/mol. The largest absolute Gasteiger partial charge is 0.240 e. The normalized spacial score (nSPS) is 10.3. The minimum atomic E-state index is 0.466. The third-order valence-corrected chi connectivity index (χ3v) is 2.97. The highest BCUT2D eigenvalue weighted by atomic mass is 14.8. The fourth-order valence-electron chi connectivity index (χ4n) is 2.01. The Morgan fingerprint density at radius 3 is 2.68 bits per heavy atom. The predicted octanol–water partition coefficient (Wildman–Crippen LogP) is 3.91. The second kappa shape index (κ2) is 4.51. The molecule has 19 heavy (non-hydrogen) atoms. The highest BCUT2D eigenvalue weighted by Crippen LogP contribution is 2.27. The van der Waals surface area contributed by atoms with Crippen LogP contribution in [0.3, 0.4) is 0 Å². The molecule has 1 heterocycles. The molecule has 0 fully saturated rings. The minimum absolute atomic E-state index is 0.466. The van der Waals surface area contributed by atoms with Crippen molar-refractivity contribution in [3.05, 3.63) is 72.8 Å². The molecule has 0 bridgehead atoms. The molecule has 0 amide bonds. The third kappa shape index (κ3) is 2.04. The van der Waals surface area contributed by atoms with Crippen molar-refractivity contribution in [3.8, 4) is 11.1 Å².